The van der Waals surface area contributed by atoms with Crippen LogP contribution in [0.25, 0.3) is 0 Å². The van der Waals surface area contributed by atoms with Crippen molar-refractivity contribution in [1.29, 1.82) is 0 Å². The second-order valence-corrected chi connectivity index (χ2v) is 5.03. The minimum Gasteiger partial charge on any atom is -0.367 e. The fraction of sp³-hybridized carbons (Fsp3) is 0.667. The van der Waals surface area contributed by atoms with Crippen LogP contribution >= 0.6 is 0 Å². The second kappa shape index (κ2) is 5.14. The van der Waals surface area contributed by atoms with Crippen molar-refractivity contribution in [3.8, 4) is 0 Å². The molecule has 4 nitrogen and oxygen atoms in total. The van der Waals surface area contributed by atoms with Crippen molar-refractivity contribution in [2.75, 3.05) is 17.2 Å². The molecule has 1 aromatic heterocycles. The average molecular weight is 222 g/mol. The first-order valence-corrected chi connectivity index (χ1v) is 5.77. The number of rotatable bonds is 4. The van der Waals surface area contributed by atoms with Gasteiger partial charge in [0.25, 0.3) is 0 Å². The van der Waals surface area contributed by atoms with Crippen LogP contribution in [0, 0.1) is 5.41 Å². The standard InChI is InChI=1S/C12H22N4/c1-6-13-11-14-8-7-10(16-11)15-9(2)12(3,4)5/h7-9H,6H2,1-5H3,(H2,13,14,15,16). The highest BCUT2D eigenvalue weighted by molar-refractivity contribution is 5.40. The Morgan fingerprint density at radius 3 is 2.62 bits per heavy atom. The Morgan fingerprint density at radius 2 is 2.06 bits per heavy atom. The van der Waals surface area contributed by atoms with Gasteiger partial charge in [0.05, 0.1) is 0 Å². The summed E-state index contributed by atoms with van der Waals surface area (Å²) in [5, 5.41) is 6.49. The maximum Gasteiger partial charge on any atom is 0.224 e. The molecule has 0 saturated heterocycles. The number of hydrogen-bond donors (Lipinski definition) is 2. The summed E-state index contributed by atoms with van der Waals surface area (Å²) in [7, 11) is 0. The van der Waals surface area contributed by atoms with Gasteiger partial charge in [-0.1, -0.05) is 20.8 Å². The number of nitrogens with zero attached hydrogens (tertiary/aromatic N) is 2. The van der Waals surface area contributed by atoms with Crippen LogP contribution in [-0.2, 0) is 0 Å². The van der Waals surface area contributed by atoms with E-state index in [4.69, 9.17) is 0 Å². The van der Waals surface area contributed by atoms with E-state index in [1.54, 1.807) is 6.20 Å². The maximum absolute atomic E-state index is 4.38. The van der Waals surface area contributed by atoms with Crippen LogP contribution < -0.4 is 10.6 Å². The number of hydrogen-bond acceptors (Lipinski definition) is 4. The molecule has 0 saturated carbocycles. The SMILES string of the molecule is CCNc1nccc(NC(C)C(C)(C)C)n1. The summed E-state index contributed by atoms with van der Waals surface area (Å²) in [6, 6.07) is 2.25. The fourth-order valence-corrected chi connectivity index (χ4v) is 1.12. The Kier molecular flexibility index (Phi) is 4.10. The molecular weight excluding hydrogens is 200 g/mol. The van der Waals surface area contributed by atoms with Gasteiger partial charge in [-0.25, -0.2) is 4.98 Å². The van der Waals surface area contributed by atoms with E-state index in [0.29, 0.717) is 12.0 Å². The molecule has 2 N–H and O–H groups in total. The molecule has 0 amide bonds. The normalized spacial score (nSPS) is 13.3. The molecule has 1 atom stereocenters. The fourth-order valence-electron chi connectivity index (χ4n) is 1.12. The summed E-state index contributed by atoms with van der Waals surface area (Å²) in [5.41, 5.74) is 0.212. The smallest absolute Gasteiger partial charge is 0.224 e. The first-order chi connectivity index (χ1) is 7.43. The van der Waals surface area contributed by atoms with Gasteiger partial charge in [-0.15, -0.1) is 0 Å². The van der Waals surface area contributed by atoms with Crippen molar-refractivity contribution >= 4 is 11.8 Å². The predicted molar refractivity (Wildman–Crippen MR) is 68.7 cm³/mol. The summed E-state index contributed by atoms with van der Waals surface area (Å²) in [6.07, 6.45) is 1.77. The quantitative estimate of drug-likeness (QED) is 0.822. The van der Waals surface area contributed by atoms with Gasteiger partial charge < -0.3 is 10.6 Å². The van der Waals surface area contributed by atoms with Gasteiger partial charge in [0, 0.05) is 18.8 Å². The molecule has 0 bridgehead atoms. The van der Waals surface area contributed by atoms with Gasteiger partial charge in [-0.05, 0) is 25.3 Å². The van der Waals surface area contributed by atoms with E-state index in [1.807, 2.05) is 13.0 Å². The van der Waals surface area contributed by atoms with Crippen LogP contribution in [0.15, 0.2) is 12.3 Å². The molecule has 0 spiro atoms. The summed E-state index contributed by atoms with van der Waals surface area (Å²) in [5.74, 6) is 1.54. The first-order valence-electron chi connectivity index (χ1n) is 5.77. The Bertz CT molecular complexity index is 330. The molecule has 16 heavy (non-hydrogen) atoms. The number of nitrogens with one attached hydrogen (secondary N) is 2. The van der Waals surface area contributed by atoms with Crippen molar-refractivity contribution in [3.05, 3.63) is 12.3 Å². The van der Waals surface area contributed by atoms with Crippen molar-refractivity contribution < 1.29 is 0 Å². The molecule has 0 aliphatic heterocycles. The summed E-state index contributed by atoms with van der Waals surface area (Å²) in [4.78, 5) is 8.52. The molecule has 1 heterocycles. The van der Waals surface area contributed by atoms with Crippen LogP contribution in [0.3, 0.4) is 0 Å². The third-order valence-corrected chi connectivity index (χ3v) is 2.65. The third kappa shape index (κ3) is 3.68. The molecule has 0 aliphatic rings. The lowest BCUT2D eigenvalue weighted by Crippen LogP contribution is -2.31. The highest BCUT2D eigenvalue weighted by Crippen LogP contribution is 2.21. The lowest BCUT2D eigenvalue weighted by Gasteiger charge is -2.28. The second-order valence-electron chi connectivity index (χ2n) is 5.03. The lowest BCUT2D eigenvalue weighted by atomic mass is 9.88. The first kappa shape index (κ1) is 12.7. The predicted octanol–water partition coefficient (Wildman–Crippen LogP) is 2.75. The average Bonchev–Trinajstić information content (AvgIpc) is 2.17. The molecule has 0 aromatic carbocycles. The Hall–Kier alpha value is -1.32. The van der Waals surface area contributed by atoms with Gasteiger partial charge in [0.1, 0.15) is 5.82 Å². The van der Waals surface area contributed by atoms with Crippen molar-refractivity contribution in [2.45, 2.75) is 40.7 Å². The van der Waals surface area contributed by atoms with E-state index in [2.05, 4.69) is 48.3 Å². The van der Waals surface area contributed by atoms with E-state index >= 15 is 0 Å². The molecule has 1 aromatic rings. The molecule has 1 rings (SSSR count). The summed E-state index contributed by atoms with van der Waals surface area (Å²) >= 11 is 0. The summed E-state index contributed by atoms with van der Waals surface area (Å²) < 4.78 is 0. The van der Waals surface area contributed by atoms with Crippen molar-refractivity contribution in [3.63, 3.8) is 0 Å². The highest BCUT2D eigenvalue weighted by atomic mass is 15.1. The van der Waals surface area contributed by atoms with Crippen LogP contribution in [0.1, 0.15) is 34.6 Å². The van der Waals surface area contributed by atoms with E-state index in [1.165, 1.54) is 0 Å². The van der Waals surface area contributed by atoms with E-state index in [9.17, 15) is 0 Å². The van der Waals surface area contributed by atoms with Gasteiger partial charge in [0.15, 0.2) is 0 Å². The third-order valence-electron chi connectivity index (χ3n) is 2.65. The zero-order valence-corrected chi connectivity index (χ0v) is 10.8. The zero-order chi connectivity index (χ0) is 12.2. The molecule has 4 heteroatoms. The molecule has 0 radical (unpaired) electrons. The Labute approximate surface area is 97.9 Å². The minimum atomic E-state index is 0.212. The molecule has 1 unspecified atom stereocenters. The maximum atomic E-state index is 4.38. The van der Waals surface area contributed by atoms with Crippen LogP contribution in [0.5, 0.6) is 0 Å². The topological polar surface area (TPSA) is 49.8 Å². The minimum absolute atomic E-state index is 0.212. The van der Waals surface area contributed by atoms with Gasteiger partial charge in [0.2, 0.25) is 5.95 Å². The Balaban J connectivity index is 2.70. The molecule has 90 valence electrons. The number of aromatic nitrogens is 2. The highest BCUT2D eigenvalue weighted by Gasteiger charge is 2.19. The lowest BCUT2D eigenvalue weighted by molar-refractivity contribution is 0.359. The van der Waals surface area contributed by atoms with Gasteiger partial charge >= 0.3 is 0 Å². The summed E-state index contributed by atoms with van der Waals surface area (Å²) in [6.45, 7) is 11.6. The van der Waals surface area contributed by atoms with Crippen LogP contribution in [0.2, 0.25) is 0 Å². The number of anilines is 2. The zero-order valence-electron chi connectivity index (χ0n) is 10.8. The molecule has 0 fully saturated rings. The molecular formula is C12H22N4. The van der Waals surface area contributed by atoms with E-state index < -0.39 is 0 Å². The largest absolute Gasteiger partial charge is 0.367 e. The monoisotopic (exact) mass is 222 g/mol. The van der Waals surface area contributed by atoms with E-state index in [0.717, 1.165) is 12.4 Å². The Morgan fingerprint density at radius 1 is 1.38 bits per heavy atom. The van der Waals surface area contributed by atoms with Crippen LogP contribution in [0.4, 0.5) is 11.8 Å². The van der Waals surface area contributed by atoms with Gasteiger partial charge in [-0.3, -0.25) is 0 Å². The van der Waals surface area contributed by atoms with Crippen molar-refractivity contribution in [1.82, 2.24) is 9.97 Å². The van der Waals surface area contributed by atoms with Crippen molar-refractivity contribution in [2.24, 2.45) is 5.41 Å². The van der Waals surface area contributed by atoms with Gasteiger partial charge in [-0.2, -0.15) is 4.98 Å². The van der Waals surface area contributed by atoms with Crippen LogP contribution in [-0.4, -0.2) is 22.6 Å². The van der Waals surface area contributed by atoms with E-state index in [-0.39, 0.29) is 5.41 Å². The molecule has 0 aliphatic carbocycles.